The lowest BCUT2D eigenvalue weighted by molar-refractivity contribution is 0.0924. The Kier molecular flexibility index (Phi) is 6.04. The molecule has 0 unspecified atom stereocenters. The number of fused-ring (bicyclic) bond motifs is 1. The number of rotatable bonds is 6. The number of benzene rings is 4. The van der Waals surface area contributed by atoms with E-state index in [1.54, 1.807) is 54.6 Å². The maximum absolute atomic E-state index is 12.9. The van der Waals surface area contributed by atoms with Gasteiger partial charge in [0.2, 0.25) is 0 Å². The Morgan fingerprint density at radius 3 is 2.17 bits per heavy atom. The molecule has 0 aromatic heterocycles. The molecule has 0 saturated carbocycles. The number of carbonyl (C=O) groups is 3. The average molecular weight is 483 g/mol. The van der Waals surface area contributed by atoms with Crippen molar-refractivity contribution in [1.29, 1.82) is 0 Å². The van der Waals surface area contributed by atoms with Gasteiger partial charge in [0, 0.05) is 5.56 Å². The van der Waals surface area contributed by atoms with E-state index >= 15 is 0 Å². The Bertz CT molecular complexity index is 1420. The van der Waals surface area contributed by atoms with E-state index in [-0.39, 0.29) is 10.9 Å². The van der Waals surface area contributed by atoms with Crippen molar-refractivity contribution < 1.29 is 19.1 Å². The van der Waals surface area contributed by atoms with Crippen LogP contribution in [0.1, 0.15) is 36.6 Å². The van der Waals surface area contributed by atoms with Crippen LogP contribution in [0.4, 0.5) is 11.4 Å². The van der Waals surface area contributed by atoms with E-state index in [1.165, 1.54) is 6.07 Å². The van der Waals surface area contributed by atoms with Gasteiger partial charge in [0.15, 0.2) is 0 Å². The molecule has 4 aromatic carbocycles. The molecule has 1 aliphatic heterocycles. The van der Waals surface area contributed by atoms with Crippen molar-refractivity contribution in [2.45, 2.75) is 6.61 Å². The van der Waals surface area contributed by atoms with E-state index in [0.717, 1.165) is 16.2 Å². The summed E-state index contributed by atoms with van der Waals surface area (Å²) in [6.07, 6.45) is 0. The summed E-state index contributed by atoms with van der Waals surface area (Å²) in [7, 11) is 0. The van der Waals surface area contributed by atoms with Crippen molar-refractivity contribution >= 4 is 40.7 Å². The van der Waals surface area contributed by atoms with Crippen LogP contribution in [0.3, 0.4) is 0 Å². The van der Waals surface area contributed by atoms with Gasteiger partial charge >= 0.3 is 0 Å². The summed E-state index contributed by atoms with van der Waals surface area (Å²) in [5.41, 5.74) is 2.68. The van der Waals surface area contributed by atoms with Gasteiger partial charge in [-0.05, 0) is 60.2 Å². The van der Waals surface area contributed by atoms with Crippen LogP contribution in [0.25, 0.3) is 0 Å². The number of nitrogens with one attached hydrogen (secondary N) is 1. The molecular weight excluding hydrogens is 464 g/mol. The lowest BCUT2D eigenvalue weighted by atomic mass is 10.1. The van der Waals surface area contributed by atoms with E-state index < -0.39 is 11.8 Å². The number of carbonyl (C=O) groups excluding carboxylic acids is 3. The van der Waals surface area contributed by atoms with Crippen LogP contribution in [-0.4, -0.2) is 17.7 Å². The fraction of sp³-hybridized carbons (Fsp3) is 0.0357. The summed E-state index contributed by atoms with van der Waals surface area (Å²) in [4.78, 5) is 39.4. The molecule has 0 fully saturated rings. The van der Waals surface area contributed by atoms with E-state index in [4.69, 9.17) is 16.3 Å². The quantitative estimate of drug-likeness (QED) is 0.343. The highest BCUT2D eigenvalue weighted by atomic mass is 35.5. The first kappa shape index (κ1) is 22.4. The first-order valence-corrected chi connectivity index (χ1v) is 11.2. The van der Waals surface area contributed by atoms with E-state index in [2.05, 4.69) is 5.32 Å². The number of hydrogen-bond acceptors (Lipinski definition) is 4. The van der Waals surface area contributed by atoms with Crippen LogP contribution in [-0.2, 0) is 6.61 Å². The van der Waals surface area contributed by atoms with Crippen molar-refractivity contribution in [3.05, 3.63) is 124 Å². The summed E-state index contributed by atoms with van der Waals surface area (Å²) in [5.74, 6) is -0.421. The molecule has 4 aromatic rings. The second kappa shape index (κ2) is 9.44. The molecule has 6 nitrogen and oxygen atoms in total. The minimum atomic E-state index is -0.409. The lowest BCUT2D eigenvalue weighted by Crippen LogP contribution is -2.29. The Hall–Kier alpha value is -4.42. The molecule has 35 heavy (non-hydrogen) atoms. The minimum absolute atomic E-state index is 0.205. The summed E-state index contributed by atoms with van der Waals surface area (Å²) in [6.45, 7) is 0.320. The SMILES string of the molecule is O=C(Nc1ccc(N2C(=O)c3ccccc3C2=O)cc1Cl)c1cccc(COc2ccccc2)c1. The minimum Gasteiger partial charge on any atom is -0.489 e. The molecule has 0 bridgehead atoms. The fourth-order valence-corrected chi connectivity index (χ4v) is 4.07. The number of imide groups is 1. The largest absolute Gasteiger partial charge is 0.489 e. The van der Waals surface area contributed by atoms with Gasteiger partial charge in [0.1, 0.15) is 12.4 Å². The zero-order valence-electron chi connectivity index (χ0n) is 18.4. The van der Waals surface area contributed by atoms with Gasteiger partial charge in [-0.3, -0.25) is 14.4 Å². The Balaban J connectivity index is 1.29. The second-order valence-corrected chi connectivity index (χ2v) is 8.32. The van der Waals surface area contributed by atoms with E-state index in [9.17, 15) is 14.4 Å². The van der Waals surface area contributed by atoms with Crippen LogP contribution in [0.15, 0.2) is 97.1 Å². The van der Waals surface area contributed by atoms with E-state index in [0.29, 0.717) is 34.7 Å². The molecule has 0 spiro atoms. The van der Waals surface area contributed by atoms with Crippen molar-refractivity contribution in [1.82, 2.24) is 0 Å². The number of ether oxygens (including phenoxy) is 1. The molecule has 1 heterocycles. The average Bonchev–Trinajstić information content (AvgIpc) is 3.14. The topological polar surface area (TPSA) is 75.7 Å². The first-order chi connectivity index (χ1) is 17.0. The van der Waals surface area contributed by atoms with Crippen molar-refractivity contribution in [3.63, 3.8) is 0 Å². The monoisotopic (exact) mass is 482 g/mol. The molecule has 1 N–H and O–H groups in total. The van der Waals surface area contributed by atoms with Gasteiger partial charge in [0.05, 0.1) is 27.5 Å². The third-order valence-electron chi connectivity index (χ3n) is 5.59. The lowest BCUT2D eigenvalue weighted by Gasteiger charge is -2.16. The highest BCUT2D eigenvalue weighted by molar-refractivity contribution is 6.37. The molecule has 3 amide bonds. The molecule has 0 atom stereocenters. The molecule has 5 rings (SSSR count). The predicted octanol–water partition coefficient (Wildman–Crippen LogP) is 5.97. The van der Waals surface area contributed by atoms with Gasteiger partial charge in [-0.2, -0.15) is 0 Å². The normalized spacial score (nSPS) is 12.4. The highest BCUT2D eigenvalue weighted by Gasteiger charge is 2.36. The number of amides is 3. The highest BCUT2D eigenvalue weighted by Crippen LogP contribution is 2.33. The molecule has 0 saturated heterocycles. The molecule has 172 valence electrons. The third kappa shape index (κ3) is 4.52. The van der Waals surface area contributed by atoms with Crippen molar-refractivity contribution in [2.75, 3.05) is 10.2 Å². The summed E-state index contributed by atoms with van der Waals surface area (Å²) < 4.78 is 5.75. The third-order valence-corrected chi connectivity index (χ3v) is 5.90. The van der Waals surface area contributed by atoms with Crippen molar-refractivity contribution in [2.24, 2.45) is 0 Å². The molecule has 0 radical (unpaired) electrons. The number of halogens is 1. The number of hydrogen-bond donors (Lipinski definition) is 1. The summed E-state index contributed by atoms with van der Waals surface area (Å²) in [6, 6.07) is 27.8. The second-order valence-electron chi connectivity index (χ2n) is 7.91. The molecular formula is C28H19ClN2O4. The predicted molar refractivity (Wildman–Crippen MR) is 134 cm³/mol. The van der Waals surface area contributed by atoms with Gasteiger partial charge in [-0.1, -0.05) is 54.1 Å². The van der Waals surface area contributed by atoms with Crippen LogP contribution >= 0.6 is 11.6 Å². The number of anilines is 2. The van der Waals surface area contributed by atoms with Crippen LogP contribution in [0.5, 0.6) is 5.75 Å². The van der Waals surface area contributed by atoms with E-state index in [1.807, 2.05) is 36.4 Å². The number of nitrogens with zero attached hydrogens (tertiary/aromatic N) is 1. The maximum Gasteiger partial charge on any atom is 0.266 e. The van der Waals surface area contributed by atoms with Gasteiger partial charge in [-0.15, -0.1) is 0 Å². The smallest absolute Gasteiger partial charge is 0.266 e. The molecule has 1 aliphatic rings. The van der Waals surface area contributed by atoms with Gasteiger partial charge in [-0.25, -0.2) is 4.90 Å². The zero-order chi connectivity index (χ0) is 24.4. The molecule has 7 heteroatoms. The van der Waals surface area contributed by atoms with Crippen molar-refractivity contribution in [3.8, 4) is 5.75 Å². The van der Waals surface area contributed by atoms with Crippen LogP contribution < -0.4 is 15.0 Å². The fourth-order valence-electron chi connectivity index (χ4n) is 3.85. The van der Waals surface area contributed by atoms with Crippen LogP contribution in [0.2, 0.25) is 5.02 Å². The molecule has 0 aliphatic carbocycles. The van der Waals surface area contributed by atoms with Gasteiger partial charge in [0.25, 0.3) is 17.7 Å². The summed E-state index contributed by atoms with van der Waals surface area (Å²) >= 11 is 6.41. The number of para-hydroxylation sites is 1. The zero-order valence-corrected chi connectivity index (χ0v) is 19.2. The van der Waals surface area contributed by atoms with Crippen LogP contribution in [0, 0.1) is 0 Å². The Labute approximate surface area is 206 Å². The standard InChI is InChI=1S/C28H19ClN2O4/c29-24-16-20(31-27(33)22-11-4-5-12-23(22)28(31)34)13-14-25(24)30-26(32)19-8-6-7-18(15-19)17-35-21-9-2-1-3-10-21/h1-16H,17H2,(H,30,32). The Morgan fingerprint density at radius 2 is 1.49 bits per heavy atom. The maximum atomic E-state index is 12.9. The Morgan fingerprint density at radius 1 is 0.800 bits per heavy atom. The first-order valence-electron chi connectivity index (χ1n) is 10.9. The summed E-state index contributed by atoms with van der Waals surface area (Å²) in [5, 5.41) is 2.99. The van der Waals surface area contributed by atoms with Gasteiger partial charge < -0.3 is 10.1 Å².